The highest BCUT2D eigenvalue weighted by atomic mass is 35.5. The van der Waals surface area contributed by atoms with E-state index in [1.807, 2.05) is 0 Å². The van der Waals surface area contributed by atoms with Crippen molar-refractivity contribution in [1.29, 1.82) is 0 Å². The molecule has 0 saturated carbocycles. The van der Waals surface area contributed by atoms with Gasteiger partial charge in [-0.15, -0.1) is 0 Å². The Morgan fingerprint density at radius 2 is 1.74 bits per heavy atom. The molecule has 3 N–H and O–H groups in total. The summed E-state index contributed by atoms with van der Waals surface area (Å²) in [5.74, 6) is -0.422. The fourth-order valence-electron chi connectivity index (χ4n) is 1.85. The average Bonchev–Trinajstić information content (AvgIpc) is 2.56. The van der Waals surface area contributed by atoms with E-state index in [4.69, 9.17) is 23.2 Å². The van der Waals surface area contributed by atoms with E-state index >= 15 is 0 Å². The first-order valence-corrected chi connectivity index (χ1v) is 7.56. The molecular formula is C16H15Cl2N3O2. The minimum atomic E-state index is -0.260. The van der Waals surface area contributed by atoms with Crippen LogP contribution < -0.4 is 16.0 Å². The fraction of sp³-hybridized carbons (Fsp3) is 0.125. The number of nitrogens with one attached hydrogen (secondary N) is 3. The Morgan fingerprint density at radius 3 is 2.39 bits per heavy atom. The van der Waals surface area contributed by atoms with Crippen LogP contribution in [0.1, 0.15) is 10.4 Å². The van der Waals surface area contributed by atoms with Gasteiger partial charge in [0.05, 0.1) is 17.3 Å². The second kappa shape index (κ2) is 7.85. The zero-order chi connectivity index (χ0) is 16.8. The lowest BCUT2D eigenvalue weighted by atomic mass is 10.2. The predicted molar refractivity (Wildman–Crippen MR) is 93.4 cm³/mol. The number of hydrogen-bond acceptors (Lipinski definition) is 3. The molecule has 0 fully saturated rings. The molecule has 7 heteroatoms. The quantitative estimate of drug-likeness (QED) is 0.772. The molecule has 0 unspecified atom stereocenters. The highest BCUT2D eigenvalue weighted by Gasteiger charge is 2.07. The van der Waals surface area contributed by atoms with Gasteiger partial charge in [-0.05, 0) is 42.5 Å². The number of carbonyl (C=O) groups is 2. The average molecular weight is 352 g/mol. The number of hydrogen-bond donors (Lipinski definition) is 3. The van der Waals surface area contributed by atoms with Crippen LogP contribution in [-0.4, -0.2) is 25.4 Å². The van der Waals surface area contributed by atoms with Gasteiger partial charge in [-0.2, -0.15) is 0 Å². The van der Waals surface area contributed by atoms with Crippen molar-refractivity contribution in [3.05, 3.63) is 58.1 Å². The third-order valence-corrected chi connectivity index (χ3v) is 3.59. The van der Waals surface area contributed by atoms with Gasteiger partial charge in [-0.3, -0.25) is 9.59 Å². The molecule has 0 aromatic heterocycles. The van der Waals surface area contributed by atoms with Crippen molar-refractivity contribution in [3.8, 4) is 0 Å². The zero-order valence-corrected chi connectivity index (χ0v) is 13.8. The minimum Gasteiger partial charge on any atom is -0.376 e. The number of carbonyl (C=O) groups excluding carboxylic acids is 2. The van der Waals surface area contributed by atoms with Gasteiger partial charge in [0, 0.05) is 23.3 Å². The van der Waals surface area contributed by atoms with Crippen LogP contribution in [0.5, 0.6) is 0 Å². The van der Waals surface area contributed by atoms with E-state index in [1.54, 1.807) is 49.5 Å². The van der Waals surface area contributed by atoms with Gasteiger partial charge in [0.2, 0.25) is 5.91 Å². The molecule has 0 aliphatic carbocycles. The van der Waals surface area contributed by atoms with Gasteiger partial charge in [0.25, 0.3) is 5.91 Å². The Labute approximate surface area is 144 Å². The van der Waals surface area contributed by atoms with Gasteiger partial charge in [-0.1, -0.05) is 23.2 Å². The van der Waals surface area contributed by atoms with E-state index in [0.29, 0.717) is 21.3 Å². The Bertz CT molecular complexity index is 718. The molecule has 0 radical (unpaired) electrons. The van der Waals surface area contributed by atoms with Crippen LogP contribution in [0.4, 0.5) is 11.4 Å². The smallest absolute Gasteiger partial charge is 0.251 e. The molecule has 0 aliphatic heterocycles. The molecule has 0 spiro atoms. The van der Waals surface area contributed by atoms with Gasteiger partial charge >= 0.3 is 0 Å². The molecular weight excluding hydrogens is 337 g/mol. The van der Waals surface area contributed by atoms with Crippen molar-refractivity contribution in [3.63, 3.8) is 0 Å². The molecule has 0 atom stereocenters. The van der Waals surface area contributed by atoms with Crippen molar-refractivity contribution in [1.82, 2.24) is 5.32 Å². The van der Waals surface area contributed by atoms with Crippen LogP contribution in [-0.2, 0) is 4.79 Å². The van der Waals surface area contributed by atoms with Crippen LogP contribution in [0.25, 0.3) is 0 Å². The molecule has 0 heterocycles. The summed E-state index contributed by atoms with van der Waals surface area (Å²) in [7, 11) is 1.57. The summed E-state index contributed by atoms with van der Waals surface area (Å²) in [5, 5.41) is 9.09. The highest BCUT2D eigenvalue weighted by Crippen LogP contribution is 2.25. The van der Waals surface area contributed by atoms with Crippen molar-refractivity contribution in [2.24, 2.45) is 0 Å². The summed E-state index contributed by atoms with van der Waals surface area (Å²) >= 11 is 11.9. The molecule has 2 rings (SSSR count). The van der Waals surface area contributed by atoms with Crippen molar-refractivity contribution in [2.45, 2.75) is 0 Å². The molecule has 23 heavy (non-hydrogen) atoms. The number of halogens is 2. The van der Waals surface area contributed by atoms with Crippen LogP contribution >= 0.6 is 23.2 Å². The predicted octanol–water partition coefficient (Wildman–Crippen LogP) is 3.40. The number of rotatable bonds is 5. The van der Waals surface area contributed by atoms with Gasteiger partial charge < -0.3 is 16.0 Å². The maximum Gasteiger partial charge on any atom is 0.251 e. The Hall–Kier alpha value is -2.24. The number of anilines is 2. The monoisotopic (exact) mass is 351 g/mol. The molecule has 2 amide bonds. The van der Waals surface area contributed by atoms with Crippen LogP contribution in [0, 0.1) is 0 Å². The van der Waals surface area contributed by atoms with E-state index in [1.165, 1.54) is 0 Å². The molecule has 0 aliphatic rings. The van der Waals surface area contributed by atoms with Crippen molar-refractivity contribution >= 4 is 46.4 Å². The van der Waals surface area contributed by atoms with Crippen molar-refractivity contribution < 1.29 is 9.59 Å². The Balaban J connectivity index is 1.91. The van der Waals surface area contributed by atoms with Crippen LogP contribution in [0.3, 0.4) is 0 Å². The van der Waals surface area contributed by atoms with E-state index < -0.39 is 0 Å². The minimum absolute atomic E-state index is 0.0577. The summed E-state index contributed by atoms with van der Waals surface area (Å²) < 4.78 is 0. The molecule has 0 bridgehead atoms. The largest absolute Gasteiger partial charge is 0.376 e. The summed E-state index contributed by atoms with van der Waals surface area (Å²) in [6.07, 6.45) is 0. The highest BCUT2D eigenvalue weighted by molar-refractivity contribution is 6.35. The molecule has 2 aromatic rings. The molecule has 2 aromatic carbocycles. The Kier molecular flexibility index (Phi) is 5.84. The van der Waals surface area contributed by atoms with Crippen LogP contribution in [0.15, 0.2) is 42.5 Å². The van der Waals surface area contributed by atoms with Gasteiger partial charge in [-0.25, -0.2) is 0 Å². The standard InChI is InChI=1S/C16H15Cl2N3O2/c1-19-16(23)10-2-5-12(6-3-10)20-9-15(22)21-14-8-11(17)4-7-13(14)18/h2-8,20H,9H2,1H3,(H,19,23)(H,21,22). The van der Waals surface area contributed by atoms with E-state index in [9.17, 15) is 9.59 Å². The van der Waals surface area contributed by atoms with Gasteiger partial charge in [0.15, 0.2) is 0 Å². The number of benzene rings is 2. The SMILES string of the molecule is CNC(=O)c1ccc(NCC(=O)Nc2cc(Cl)ccc2Cl)cc1. The number of amides is 2. The third-order valence-electron chi connectivity index (χ3n) is 3.03. The summed E-state index contributed by atoms with van der Waals surface area (Å²) in [5.41, 5.74) is 1.74. The molecule has 0 saturated heterocycles. The van der Waals surface area contributed by atoms with Crippen LogP contribution in [0.2, 0.25) is 10.0 Å². The summed E-state index contributed by atoms with van der Waals surface area (Å²) in [4.78, 5) is 23.4. The lowest BCUT2D eigenvalue weighted by molar-refractivity contribution is -0.114. The second-order valence-electron chi connectivity index (χ2n) is 4.68. The first kappa shape index (κ1) is 17.1. The maximum atomic E-state index is 11.9. The third kappa shape index (κ3) is 4.87. The Morgan fingerprint density at radius 1 is 1.04 bits per heavy atom. The fourth-order valence-corrected chi connectivity index (χ4v) is 2.19. The van der Waals surface area contributed by atoms with E-state index in [-0.39, 0.29) is 18.4 Å². The lowest BCUT2D eigenvalue weighted by Crippen LogP contribution is -2.22. The molecule has 5 nitrogen and oxygen atoms in total. The van der Waals surface area contributed by atoms with E-state index in [0.717, 1.165) is 5.69 Å². The normalized spacial score (nSPS) is 10.0. The lowest BCUT2D eigenvalue weighted by Gasteiger charge is -2.10. The summed E-state index contributed by atoms with van der Waals surface area (Å²) in [6, 6.07) is 11.6. The van der Waals surface area contributed by atoms with E-state index in [2.05, 4.69) is 16.0 Å². The molecule has 120 valence electrons. The van der Waals surface area contributed by atoms with Crippen molar-refractivity contribution in [2.75, 3.05) is 24.2 Å². The first-order valence-electron chi connectivity index (χ1n) is 6.80. The summed E-state index contributed by atoms with van der Waals surface area (Å²) in [6.45, 7) is 0.0577. The topological polar surface area (TPSA) is 70.2 Å². The second-order valence-corrected chi connectivity index (χ2v) is 5.53. The zero-order valence-electron chi connectivity index (χ0n) is 12.3. The first-order chi connectivity index (χ1) is 11.0. The van der Waals surface area contributed by atoms with Gasteiger partial charge in [0.1, 0.15) is 0 Å². The maximum absolute atomic E-state index is 11.9.